The van der Waals surface area contributed by atoms with Crippen LogP contribution < -0.4 is 15.0 Å². The standard InChI is InChI=1S/C28H37N3O3/c1-34-26-14-12-23(13-15-26)28(33)31(25-10-6-3-7-11-25)21-27(32)29-20-22-16-18-30(19-17-22)24-8-4-2-5-9-24/h3,6-7,10-15,22,24H,2,4-5,8-9,16-21H2,1H3,(H,29,32). The summed E-state index contributed by atoms with van der Waals surface area (Å²) in [6.45, 7) is 2.95. The van der Waals surface area contributed by atoms with Crippen LogP contribution in [-0.4, -0.2) is 56.0 Å². The number of para-hydroxylation sites is 1. The van der Waals surface area contributed by atoms with E-state index in [0.717, 1.165) is 32.0 Å². The van der Waals surface area contributed by atoms with Crippen molar-refractivity contribution in [2.24, 2.45) is 5.92 Å². The van der Waals surface area contributed by atoms with Gasteiger partial charge in [0.15, 0.2) is 0 Å². The molecule has 2 aromatic rings. The first-order valence-corrected chi connectivity index (χ1v) is 12.7. The van der Waals surface area contributed by atoms with Gasteiger partial charge in [-0.05, 0) is 81.1 Å². The van der Waals surface area contributed by atoms with Gasteiger partial charge in [-0.3, -0.25) is 14.5 Å². The summed E-state index contributed by atoms with van der Waals surface area (Å²) in [6.07, 6.45) is 9.08. The monoisotopic (exact) mass is 463 g/mol. The van der Waals surface area contributed by atoms with E-state index >= 15 is 0 Å². The lowest BCUT2D eigenvalue weighted by molar-refractivity contribution is -0.120. The number of methoxy groups -OCH3 is 1. The molecule has 1 aliphatic carbocycles. The molecule has 6 nitrogen and oxygen atoms in total. The molecule has 2 fully saturated rings. The predicted molar refractivity (Wildman–Crippen MR) is 135 cm³/mol. The van der Waals surface area contributed by atoms with Crippen molar-refractivity contribution in [1.82, 2.24) is 10.2 Å². The SMILES string of the molecule is COc1ccc(C(=O)N(CC(=O)NCC2CCN(C3CCCCC3)CC2)c2ccccc2)cc1. The van der Waals surface area contributed by atoms with Crippen molar-refractivity contribution in [2.75, 3.05) is 38.2 Å². The highest BCUT2D eigenvalue weighted by atomic mass is 16.5. The first-order chi connectivity index (χ1) is 16.6. The Morgan fingerprint density at radius 2 is 1.62 bits per heavy atom. The lowest BCUT2D eigenvalue weighted by Crippen LogP contribution is -2.46. The first-order valence-electron chi connectivity index (χ1n) is 12.7. The van der Waals surface area contributed by atoms with Crippen molar-refractivity contribution >= 4 is 17.5 Å². The zero-order valence-corrected chi connectivity index (χ0v) is 20.2. The van der Waals surface area contributed by atoms with E-state index in [1.54, 1.807) is 36.3 Å². The van der Waals surface area contributed by atoms with Gasteiger partial charge in [0.2, 0.25) is 5.91 Å². The Morgan fingerprint density at radius 1 is 0.941 bits per heavy atom. The maximum atomic E-state index is 13.3. The number of nitrogens with zero attached hydrogens (tertiary/aromatic N) is 2. The zero-order valence-electron chi connectivity index (χ0n) is 20.2. The summed E-state index contributed by atoms with van der Waals surface area (Å²) >= 11 is 0. The second kappa shape index (κ2) is 12.0. The number of carbonyl (C=O) groups excluding carboxylic acids is 2. The van der Waals surface area contributed by atoms with E-state index in [9.17, 15) is 9.59 Å². The maximum Gasteiger partial charge on any atom is 0.258 e. The number of carbonyl (C=O) groups is 2. The lowest BCUT2D eigenvalue weighted by Gasteiger charge is -2.39. The van der Waals surface area contributed by atoms with Gasteiger partial charge < -0.3 is 15.0 Å². The summed E-state index contributed by atoms with van der Waals surface area (Å²) in [6, 6.07) is 17.1. The fourth-order valence-corrected chi connectivity index (χ4v) is 5.20. The molecule has 0 radical (unpaired) electrons. The Labute approximate surface area is 203 Å². The first kappa shape index (κ1) is 24.3. The van der Waals surface area contributed by atoms with Crippen molar-refractivity contribution in [2.45, 2.75) is 51.0 Å². The third-order valence-corrected chi connectivity index (χ3v) is 7.28. The molecule has 1 aliphatic heterocycles. The summed E-state index contributed by atoms with van der Waals surface area (Å²) in [5.41, 5.74) is 1.23. The number of hydrogen-bond acceptors (Lipinski definition) is 4. The van der Waals surface area contributed by atoms with Gasteiger partial charge >= 0.3 is 0 Å². The summed E-state index contributed by atoms with van der Waals surface area (Å²) in [5, 5.41) is 3.10. The molecule has 2 aliphatic rings. The molecule has 4 rings (SSSR count). The molecule has 0 spiro atoms. The van der Waals surface area contributed by atoms with Gasteiger partial charge in [0, 0.05) is 23.8 Å². The second-order valence-corrected chi connectivity index (χ2v) is 9.53. The smallest absolute Gasteiger partial charge is 0.258 e. The van der Waals surface area contributed by atoms with Crippen LogP contribution in [0, 0.1) is 5.92 Å². The molecule has 0 bridgehead atoms. The van der Waals surface area contributed by atoms with E-state index in [2.05, 4.69) is 10.2 Å². The number of nitrogens with one attached hydrogen (secondary N) is 1. The van der Waals surface area contributed by atoms with E-state index in [-0.39, 0.29) is 18.4 Å². The zero-order chi connectivity index (χ0) is 23.8. The fraction of sp³-hybridized carbons (Fsp3) is 0.500. The molecular formula is C28H37N3O3. The van der Waals surface area contributed by atoms with Crippen LogP contribution in [0.3, 0.4) is 0 Å². The van der Waals surface area contributed by atoms with E-state index in [1.165, 1.54) is 32.1 Å². The minimum absolute atomic E-state index is 0.00417. The van der Waals surface area contributed by atoms with Gasteiger partial charge in [-0.2, -0.15) is 0 Å². The van der Waals surface area contributed by atoms with Crippen LogP contribution in [0.25, 0.3) is 0 Å². The summed E-state index contributed by atoms with van der Waals surface area (Å²) < 4.78 is 5.20. The van der Waals surface area contributed by atoms with Crippen molar-refractivity contribution in [3.8, 4) is 5.75 Å². The van der Waals surface area contributed by atoms with Gasteiger partial charge in [0.05, 0.1) is 7.11 Å². The van der Waals surface area contributed by atoms with E-state index in [0.29, 0.717) is 29.5 Å². The predicted octanol–water partition coefficient (Wildman–Crippen LogP) is 4.50. The van der Waals surface area contributed by atoms with Crippen LogP contribution in [0.15, 0.2) is 54.6 Å². The Bertz CT molecular complexity index is 918. The quantitative estimate of drug-likeness (QED) is 0.626. The maximum absolute atomic E-state index is 13.3. The van der Waals surface area contributed by atoms with Crippen LogP contribution in [0.5, 0.6) is 5.75 Å². The number of benzene rings is 2. The number of amides is 2. The average molecular weight is 464 g/mol. The summed E-state index contributed by atoms with van der Waals surface area (Å²) in [7, 11) is 1.59. The highest BCUT2D eigenvalue weighted by Crippen LogP contribution is 2.27. The van der Waals surface area contributed by atoms with Crippen LogP contribution in [0.2, 0.25) is 0 Å². The molecule has 34 heavy (non-hydrogen) atoms. The summed E-state index contributed by atoms with van der Waals surface area (Å²) in [5.74, 6) is 0.867. The number of rotatable bonds is 8. The Hall–Kier alpha value is -2.86. The minimum Gasteiger partial charge on any atom is -0.497 e. The van der Waals surface area contributed by atoms with Gasteiger partial charge in [0.1, 0.15) is 12.3 Å². The van der Waals surface area contributed by atoms with Crippen molar-refractivity contribution in [3.63, 3.8) is 0 Å². The minimum atomic E-state index is -0.204. The third-order valence-electron chi connectivity index (χ3n) is 7.28. The Balaban J connectivity index is 1.31. The van der Waals surface area contributed by atoms with E-state index in [4.69, 9.17) is 4.74 Å². The normalized spacial score (nSPS) is 17.8. The average Bonchev–Trinajstić information content (AvgIpc) is 2.91. The number of piperidine rings is 1. The number of likely N-dealkylation sites (tertiary alicyclic amines) is 1. The highest BCUT2D eigenvalue weighted by molar-refractivity contribution is 6.08. The van der Waals surface area contributed by atoms with E-state index < -0.39 is 0 Å². The largest absolute Gasteiger partial charge is 0.497 e. The Kier molecular flexibility index (Phi) is 8.58. The molecular weight excluding hydrogens is 426 g/mol. The third kappa shape index (κ3) is 6.38. The molecule has 2 amide bonds. The van der Waals surface area contributed by atoms with E-state index in [1.807, 2.05) is 30.3 Å². The lowest BCUT2D eigenvalue weighted by atomic mass is 9.90. The van der Waals surface area contributed by atoms with Crippen LogP contribution in [-0.2, 0) is 4.79 Å². The van der Waals surface area contributed by atoms with Crippen LogP contribution in [0.1, 0.15) is 55.3 Å². The molecule has 1 saturated carbocycles. The molecule has 1 saturated heterocycles. The molecule has 1 N–H and O–H groups in total. The molecule has 1 heterocycles. The van der Waals surface area contributed by atoms with Crippen molar-refractivity contribution in [1.29, 1.82) is 0 Å². The summed E-state index contributed by atoms with van der Waals surface area (Å²) in [4.78, 5) is 30.4. The van der Waals surface area contributed by atoms with Gasteiger partial charge in [-0.1, -0.05) is 37.5 Å². The Morgan fingerprint density at radius 3 is 2.26 bits per heavy atom. The highest BCUT2D eigenvalue weighted by Gasteiger charge is 2.27. The van der Waals surface area contributed by atoms with Crippen LogP contribution in [0.4, 0.5) is 5.69 Å². The molecule has 0 aromatic heterocycles. The topological polar surface area (TPSA) is 61.9 Å². The van der Waals surface area contributed by atoms with Crippen molar-refractivity contribution < 1.29 is 14.3 Å². The van der Waals surface area contributed by atoms with Gasteiger partial charge in [0.25, 0.3) is 5.91 Å². The van der Waals surface area contributed by atoms with Gasteiger partial charge in [-0.25, -0.2) is 0 Å². The fourth-order valence-electron chi connectivity index (χ4n) is 5.20. The second-order valence-electron chi connectivity index (χ2n) is 9.53. The number of hydrogen-bond donors (Lipinski definition) is 1. The molecule has 0 atom stereocenters. The molecule has 182 valence electrons. The number of anilines is 1. The number of ether oxygens (including phenoxy) is 1. The van der Waals surface area contributed by atoms with Crippen molar-refractivity contribution in [3.05, 3.63) is 60.2 Å². The molecule has 6 heteroatoms. The van der Waals surface area contributed by atoms with Gasteiger partial charge in [-0.15, -0.1) is 0 Å². The molecule has 2 aromatic carbocycles. The molecule has 0 unspecified atom stereocenters. The van der Waals surface area contributed by atoms with Crippen LogP contribution >= 0.6 is 0 Å².